The summed E-state index contributed by atoms with van der Waals surface area (Å²) in [6.45, 7) is 3.68. The SMILES string of the molecule is CC(=O)N1CCc2ccc(S(=O)(=O)NC(C)CCO)cc21. The predicted octanol–water partition coefficient (Wildman–Crippen LogP) is 0.645. The van der Waals surface area contributed by atoms with Crippen molar-refractivity contribution in [2.45, 2.75) is 37.6 Å². The average Bonchev–Trinajstić information content (AvgIpc) is 2.81. The first-order valence-electron chi connectivity index (χ1n) is 6.89. The molecule has 21 heavy (non-hydrogen) atoms. The number of carbonyl (C=O) groups is 1. The number of nitrogens with zero attached hydrogens (tertiary/aromatic N) is 1. The molecule has 1 atom stereocenters. The third kappa shape index (κ3) is 3.42. The van der Waals surface area contributed by atoms with Gasteiger partial charge in [0.1, 0.15) is 0 Å². The normalized spacial score (nSPS) is 15.9. The summed E-state index contributed by atoms with van der Waals surface area (Å²) in [5.74, 6) is -0.0927. The topological polar surface area (TPSA) is 86.7 Å². The maximum Gasteiger partial charge on any atom is 0.240 e. The van der Waals surface area contributed by atoms with E-state index in [1.165, 1.54) is 13.0 Å². The maximum absolute atomic E-state index is 12.3. The first-order chi connectivity index (χ1) is 9.85. The number of rotatable bonds is 5. The van der Waals surface area contributed by atoms with E-state index in [1.807, 2.05) is 0 Å². The molecule has 0 bridgehead atoms. The molecule has 1 aliphatic heterocycles. The van der Waals surface area contributed by atoms with Crippen LogP contribution in [0.3, 0.4) is 0 Å². The Morgan fingerprint density at radius 2 is 2.19 bits per heavy atom. The highest BCUT2D eigenvalue weighted by Gasteiger charge is 2.25. The van der Waals surface area contributed by atoms with Crippen LogP contribution >= 0.6 is 0 Å². The summed E-state index contributed by atoms with van der Waals surface area (Å²) in [6.07, 6.45) is 1.09. The predicted molar refractivity (Wildman–Crippen MR) is 79.7 cm³/mol. The molecule has 1 aliphatic rings. The average molecular weight is 312 g/mol. The van der Waals surface area contributed by atoms with E-state index in [0.29, 0.717) is 18.7 Å². The van der Waals surface area contributed by atoms with E-state index in [2.05, 4.69) is 4.72 Å². The molecule has 1 aromatic rings. The molecule has 1 unspecified atom stereocenters. The van der Waals surface area contributed by atoms with Crippen LogP contribution in [0.2, 0.25) is 0 Å². The van der Waals surface area contributed by atoms with Gasteiger partial charge in [0.05, 0.1) is 4.90 Å². The summed E-state index contributed by atoms with van der Waals surface area (Å²) in [4.78, 5) is 13.3. The number of amides is 1. The summed E-state index contributed by atoms with van der Waals surface area (Å²) in [5, 5.41) is 8.85. The van der Waals surface area contributed by atoms with Crippen LogP contribution in [0.4, 0.5) is 5.69 Å². The molecule has 7 heteroatoms. The second-order valence-electron chi connectivity index (χ2n) is 5.25. The molecule has 1 heterocycles. The molecule has 1 aromatic carbocycles. The highest BCUT2D eigenvalue weighted by atomic mass is 32.2. The highest BCUT2D eigenvalue weighted by Crippen LogP contribution is 2.30. The second kappa shape index (κ2) is 6.13. The van der Waals surface area contributed by atoms with Gasteiger partial charge in [-0.05, 0) is 37.5 Å². The Kier molecular flexibility index (Phi) is 4.65. The van der Waals surface area contributed by atoms with Crippen molar-refractivity contribution in [2.24, 2.45) is 0 Å². The summed E-state index contributed by atoms with van der Waals surface area (Å²) < 4.78 is 27.1. The molecular weight excluding hydrogens is 292 g/mol. The lowest BCUT2D eigenvalue weighted by Gasteiger charge is -2.17. The van der Waals surface area contributed by atoms with Crippen LogP contribution in [0.15, 0.2) is 23.1 Å². The zero-order chi connectivity index (χ0) is 15.6. The number of fused-ring (bicyclic) bond motifs is 1. The molecule has 0 aromatic heterocycles. The lowest BCUT2D eigenvalue weighted by molar-refractivity contribution is -0.116. The van der Waals surface area contributed by atoms with Gasteiger partial charge in [0.15, 0.2) is 0 Å². The molecule has 0 spiro atoms. The molecule has 0 aliphatic carbocycles. The number of sulfonamides is 1. The number of hydrogen-bond acceptors (Lipinski definition) is 4. The van der Waals surface area contributed by atoms with E-state index in [-0.39, 0.29) is 23.5 Å². The second-order valence-corrected chi connectivity index (χ2v) is 6.96. The van der Waals surface area contributed by atoms with Crippen LogP contribution in [0.25, 0.3) is 0 Å². The third-order valence-corrected chi connectivity index (χ3v) is 5.15. The Balaban J connectivity index is 2.30. The van der Waals surface area contributed by atoms with E-state index in [9.17, 15) is 13.2 Å². The van der Waals surface area contributed by atoms with Gasteiger partial charge in [0.25, 0.3) is 0 Å². The third-order valence-electron chi connectivity index (χ3n) is 3.56. The summed E-state index contributed by atoms with van der Waals surface area (Å²) in [5.41, 5.74) is 1.65. The zero-order valence-electron chi connectivity index (χ0n) is 12.2. The van der Waals surface area contributed by atoms with Crippen molar-refractivity contribution in [1.29, 1.82) is 0 Å². The van der Waals surface area contributed by atoms with Gasteiger partial charge >= 0.3 is 0 Å². The Hall–Kier alpha value is -1.44. The largest absolute Gasteiger partial charge is 0.396 e. The van der Waals surface area contributed by atoms with Gasteiger partial charge in [0, 0.05) is 31.8 Å². The fourth-order valence-electron chi connectivity index (χ4n) is 2.44. The molecule has 2 N–H and O–H groups in total. The number of benzene rings is 1. The fourth-order valence-corrected chi connectivity index (χ4v) is 3.74. The van der Waals surface area contributed by atoms with Crippen molar-refractivity contribution in [3.05, 3.63) is 23.8 Å². The van der Waals surface area contributed by atoms with Crippen LogP contribution in [-0.2, 0) is 21.2 Å². The Morgan fingerprint density at radius 1 is 1.48 bits per heavy atom. The Labute approximate surface area is 124 Å². The number of aliphatic hydroxyl groups excluding tert-OH is 1. The molecule has 2 rings (SSSR count). The van der Waals surface area contributed by atoms with Crippen LogP contribution in [0.1, 0.15) is 25.8 Å². The van der Waals surface area contributed by atoms with Crippen LogP contribution < -0.4 is 9.62 Å². The molecule has 0 saturated carbocycles. The lowest BCUT2D eigenvalue weighted by Crippen LogP contribution is -2.33. The molecule has 0 saturated heterocycles. The highest BCUT2D eigenvalue weighted by molar-refractivity contribution is 7.89. The van der Waals surface area contributed by atoms with Crippen LogP contribution in [0, 0.1) is 0 Å². The summed E-state index contributed by atoms with van der Waals surface area (Å²) in [6, 6.07) is 4.50. The molecular formula is C14H20N2O4S. The fraction of sp³-hybridized carbons (Fsp3) is 0.500. The summed E-state index contributed by atoms with van der Waals surface area (Å²) >= 11 is 0. The minimum Gasteiger partial charge on any atom is -0.396 e. The molecule has 0 radical (unpaired) electrons. The van der Waals surface area contributed by atoms with Crippen molar-refractivity contribution < 1.29 is 18.3 Å². The minimum absolute atomic E-state index is 0.0774. The van der Waals surface area contributed by atoms with E-state index < -0.39 is 10.0 Å². The number of carbonyl (C=O) groups excluding carboxylic acids is 1. The smallest absolute Gasteiger partial charge is 0.240 e. The molecule has 116 valence electrons. The minimum atomic E-state index is -3.65. The maximum atomic E-state index is 12.3. The van der Waals surface area contributed by atoms with Crippen molar-refractivity contribution in [3.8, 4) is 0 Å². The Morgan fingerprint density at radius 3 is 2.81 bits per heavy atom. The number of anilines is 1. The molecule has 6 nitrogen and oxygen atoms in total. The zero-order valence-corrected chi connectivity index (χ0v) is 13.0. The van der Waals surface area contributed by atoms with Gasteiger partial charge in [-0.3, -0.25) is 4.79 Å². The Bertz CT molecular complexity index is 642. The first kappa shape index (κ1) is 15.9. The van der Waals surface area contributed by atoms with Crippen LogP contribution in [0.5, 0.6) is 0 Å². The van der Waals surface area contributed by atoms with Gasteiger partial charge in [-0.2, -0.15) is 0 Å². The van der Waals surface area contributed by atoms with Crippen LogP contribution in [-0.4, -0.2) is 38.6 Å². The lowest BCUT2D eigenvalue weighted by atomic mass is 10.2. The van der Waals surface area contributed by atoms with Gasteiger partial charge in [-0.25, -0.2) is 13.1 Å². The van der Waals surface area contributed by atoms with Gasteiger partial charge in [-0.15, -0.1) is 0 Å². The van der Waals surface area contributed by atoms with E-state index in [1.54, 1.807) is 24.0 Å². The van der Waals surface area contributed by atoms with Gasteiger partial charge in [-0.1, -0.05) is 6.07 Å². The van der Waals surface area contributed by atoms with Crippen molar-refractivity contribution in [3.63, 3.8) is 0 Å². The molecule has 0 fully saturated rings. The van der Waals surface area contributed by atoms with Crippen molar-refractivity contribution in [1.82, 2.24) is 4.72 Å². The molecule has 1 amide bonds. The van der Waals surface area contributed by atoms with E-state index in [4.69, 9.17) is 5.11 Å². The van der Waals surface area contributed by atoms with Crippen molar-refractivity contribution >= 4 is 21.6 Å². The summed E-state index contributed by atoms with van der Waals surface area (Å²) in [7, 11) is -3.65. The van der Waals surface area contributed by atoms with Gasteiger partial charge in [0.2, 0.25) is 15.9 Å². The number of nitrogens with one attached hydrogen (secondary N) is 1. The quantitative estimate of drug-likeness (QED) is 0.835. The standard InChI is InChI=1S/C14H20N2O4S/c1-10(6-8-17)15-21(19,20)13-4-3-12-5-7-16(11(2)18)14(12)9-13/h3-4,9-10,15,17H,5-8H2,1-2H3. The van der Waals surface area contributed by atoms with Crippen molar-refractivity contribution in [2.75, 3.05) is 18.1 Å². The monoisotopic (exact) mass is 312 g/mol. The first-order valence-corrected chi connectivity index (χ1v) is 8.37. The van der Waals surface area contributed by atoms with Gasteiger partial charge < -0.3 is 10.0 Å². The van der Waals surface area contributed by atoms with E-state index >= 15 is 0 Å². The number of hydrogen-bond donors (Lipinski definition) is 2. The van der Waals surface area contributed by atoms with E-state index in [0.717, 1.165) is 12.0 Å². The number of aliphatic hydroxyl groups is 1.